The van der Waals surface area contributed by atoms with Crippen molar-refractivity contribution in [3.05, 3.63) is 0 Å². The molecular formula is C14H27N3O3S. The van der Waals surface area contributed by atoms with Crippen LogP contribution in [0.5, 0.6) is 0 Å². The molecule has 1 saturated heterocycles. The highest BCUT2D eigenvalue weighted by molar-refractivity contribution is 7.91. The van der Waals surface area contributed by atoms with Gasteiger partial charge in [-0.2, -0.15) is 0 Å². The predicted molar refractivity (Wildman–Crippen MR) is 83.1 cm³/mol. The molecule has 0 aromatic rings. The molecule has 0 radical (unpaired) electrons. The van der Waals surface area contributed by atoms with Gasteiger partial charge in [0.2, 0.25) is 0 Å². The molecule has 2 rings (SSSR count). The quantitative estimate of drug-likeness (QED) is 0.763. The minimum Gasteiger partial charge on any atom is -0.323 e. The van der Waals surface area contributed by atoms with Crippen molar-refractivity contribution in [3.63, 3.8) is 0 Å². The monoisotopic (exact) mass is 317 g/mol. The van der Waals surface area contributed by atoms with Crippen LogP contribution in [0.2, 0.25) is 0 Å². The molecule has 0 spiro atoms. The lowest BCUT2D eigenvalue weighted by atomic mass is 10.2. The SMILES string of the molecule is CN(C)CCN(C(=O)N1CCS(=O)(=O)CC1)C1CCCC1. The summed E-state index contributed by atoms with van der Waals surface area (Å²) < 4.78 is 23.0. The molecule has 2 aliphatic rings. The summed E-state index contributed by atoms with van der Waals surface area (Å²) in [5, 5.41) is 0. The van der Waals surface area contributed by atoms with Gasteiger partial charge in [0.05, 0.1) is 11.5 Å². The first kappa shape index (κ1) is 16.5. The second-order valence-electron chi connectivity index (χ2n) is 6.36. The maximum absolute atomic E-state index is 12.7. The zero-order valence-corrected chi connectivity index (χ0v) is 13.9. The van der Waals surface area contributed by atoms with Crippen molar-refractivity contribution in [2.75, 3.05) is 51.8 Å². The zero-order valence-electron chi connectivity index (χ0n) is 13.1. The summed E-state index contributed by atoms with van der Waals surface area (Å²) in [5.41, 5.74) is 0. The Kier molecular flexibility index (Phi) is 5.48. The van der Waals surface area contributed by atoms with Crippen LogP contribution in [0, 0.1) is 0 Å². The number of likely N-dealkylation sites (N-methyl/N-ethyl adjacent to an activating group) is 1. The van der Waals surface area contributed by atoms with Crippen LogP contribution in [0.1, 0.15) is 25.7 Å². The molecule has 1 saturated carbocycles. The Morgan fingerprint density at radius 3 is 2.19 bits per heavy atom. The lowest BCUT2D eigenvalue weighted by Gasteiger charge is -2.36. The average Bonchev–Trinajstić information content (AvgIpc) is 2.92. The molecule has 0 atom stereocenters. The molecule has 7 heteroatoms. The van der Waals surface area contributed by atoms with Gasteiger partial charge in [0.1, 0.15) is 0 Å². The van der Waals surface area contributed by atoms with Gasteiger partial charge >= 0.3 is 6.03 Å². The van der Waals surface area contributed by atoms with Gasteiger partial charge in [-0.15, -0.1) is 0 Å². The Balaban J connectivity index is 1.99. The topological polar surface area (TPSA) is 60.9 Å². The van der Waals surface area contributed by atoms with E-state index < -0.39 is 9.84 Å². The van der Waals surface area contributed by atoms with Crippen molar-refractivity contribution in [3.8, 4) is 0 Å². The lowest BCUT2D eigenvalue weighted by molar-refractivity contribution is 0.131. The smallest absolute Gasteiger partial charge is 0.320 e. The number of hydrogen-bond donors (Lipinski definition) is 0. The summed E-state index contributed by atoms with van der Waals surface area (Å²) >= 11 is 0. The molecule has 1 aliphatic carbocycles. The van der Waals surface area contributed by atoms with Crippen molar-refractivity contribution in [2.45, 2.75) is 31.7 Å². The second kappa shape index (κ2) is 6.96. The van der Waals surface area contributed by atoms with Gasteiger partial charge in [0.25, 0.3) is 0 Å². The second-order valence-corrected chi connectivity index (χ2v) is 8.66. The predicted octanol–water partition coefficient (Wildman–Crippen LogP) is 0.643. The lowest BCUT2D eigenvalue weighted by Crippen LogP contribution is -2.53. The van der Waals surface area contributed by atoms with Crippen molar-refractivity contribution >= 4 is 15.9 Å². The number of sulfone groups is 1. The maximum atomic E-state index is 12.7. The first-order chi connectivity index (χ1) is 9.89. The Hall–Kier alpha value is -0.820. The molecule has 21 heavy (non-hydrogen) atoms. The summed E-state index contributed by atoms with van der Waals surface area (Å²) in [6.07, 6.45) is 4.52. The number of hydrogen-bond acceptors (Lipinski definition) is 4. The van der Waals surface area contributed by atoms with E-state index in [9.17, 15) is 13.2 Å². The highest BCUT2D eigenvalue weighted by Gasteiger charge is 2.32. The Morgan fingerprint density at radius 1 is 1.10 bits per heavy atom. The zero-order chi connectivity index (χ0) is 15.5. The fourth-order valence-corrected chi connectivity index (χ4v) is 4.24. The first-order valence-electron chi connectivity index (χ1n) is 7.80. The number of rotatable bonds is 4. The van der Waals surface area contributed by atoms with E-state index in [-0.39, 0.29) is 17.5 Å². The van der Waals surface area contributed by atoms with Crippen LogP contribution < -0.4 is 0 Å². The van der Waals surface area contributed by atoms with Gasteiger partial charge in [0, 0.05) is 32.2 Å². The molecule has 1 heterocycles. The van der Waals surface area contributed by atoms with Gasteiger partial charge in [0.15, 0.2) is 9.84 Å². The van der Waals surface area contributed by atoms with Gasteiger partial charge < -0.3 is 14.7 Å². The number of urea groups is 1. The minimum absolute atomic E-state index is 0.0265. The van der Waals surface area contributed by atoms with Crippen LogP contribution >= 0.6 is 0 Å². The maximum Gasteiger partial charge on any atom is 0.320 e. The van der Waals surface area contributed by atoms with Crippen LogP contribution in [0.3, 0.4) is 0 Å². The van der Waals surface area contributed by atoms with Crippen LogP contribution in [0.25, 0.3) is 0 Å². The summed E-state index contributed by atoms with van der Waals surface area (Å²) in [6, 6.07) is 0.356. The number of carbonyl (C=O) groups excluding carboxylic acids is 1. The minimum atomic E-state index is -2.94. The van der Waals surface area contributed by atoms with Crippen molar-refractivity contribution in [1.82, 2.24) is 14.7 Å². The fraction of sp³-hybridized carbons (Fsp3) is 0.929. The van der Waals surface area contributed by atoms with E-state index in [2.05, 4.69) is 4.90 Å². The first-order valence-corrected chi connectivity index (χ1v) is 9.62. The molecule has 0 aromatic carbocycles. The Morgan fingerprint density at radius 2 is 1.67 bits per heavy atom. The molecular weight excluding hydrogens is 290 g/mol. The highest BCUT2D eigenvalue weighted by atomic mass is 32.2. The third-order valence-corrected chi connectivity index (χ3v) is 6.02. The van der Waals surface area contributed by atoms with Crippen LogP contribution in [0.15, 0.2) is 0 Å². The van der Waals surface area contributed by atoms with Gasteiger partial charge in [-0.1, -0.05) is 12.8 Å². The van der Waals surface area contributed by atoms with Crippen LogP contribution in [-0.2, 0) is 9.84 Å². The van der Waals surface area contributed by atoms with Gasteiger partial charge in [-0.25, -0.2) is 13.2 Å². The van der Waals surface area contributed by atoms with Crippen molar-refractivity contribution < 1.29 is 13.2 Å². The third kappa shape index (κ3) is 4.57. The summed E-state index contributed by atoms with van der Waals surface area (Å²) in [4.78, 5) is 18.5. The van der Waals surface area contributed by atoms with Crippen molar-refractivity contribution in [2.24, 2.45) is 0 Å². The molecule has 6 nitrogen and oxygen atoms in total. The number of carbonyl (C=O) groups is 1. The van der Waals surface area contributed by atoms with Crippen LogP contribution in [0.4, 0.5) is 4.79 Å². The Bertz CT molecular complexity index is 444. The molecule has 0 bridgehead atoms. The summed E-state index contributed by atoms with van der Waals surface area (Å²) in [5.74, 6) is 0.204. The fourth-order valence-electron chi connectivity index (χ4n) is 3.04. The molecule has 0 N–H and O–H groups in total. The number of nitrogens with zero attached hydrogens (tertiary/aromatic N) is 3. The Labute approximate surface area is 128 Å². The largest absolute Gasteiger partial charge is 0.323 e. The standard InChI is InChI=1S/C14H27N3O3S/c1-15(2)7-8-17(13-5-3-4-6-13)14(18)16-9-11-21(19,20)12-10-16/h13H,3-12H2,1-2H3. The van der Waals surface area contributed by atoms with E-state index in [1.54, 1.807) is 4.90 Å². The van der Waals surface area contributed by atoms with Crippen molar-refractivity contribution in [1.29, 1.82) is 0 Å². The molecule has 0 unspecified atom stereocenters. The van der Waals surface area contributed by atoms with E-state index >= 15 is 0 Å². The summed E-state index contributed by atoms with van der Waals surface area (Å²) in [6.45, 7) is 2.24. The van der Waals surface area contributed by atoms with E-state index in [0.29, 0.717) is 19.1 Å². The summed E-state index contributed by atoms with van der Waals surface area (Å²) in [7, 11) is 1.07. The molecule has 2 fully saturated rings. The van der Waals surface area contributed by atoms with E-state index in [1.807, 2.05) is 19.0 Å². The normalized spacial score (nSPS) is 22.7. The van der Waals surface area contributed by atoms with E-state index in [0.717, 1.165) is 25.9 Å². The van der Waals surface area contributed by atoms with Gasteiger partial charge in [-0.05, 0) is 26.9 Å². The molecule has 2 amide bonds. The molecule has 0 aromatic heterocycles. The van der Waals surface area contributed by atoms with E-state index in [4.69, 9.17) is 0 Å². The van der Waals surface area contributed by atoms with Crippen LogP contribution in [-0.4, -0.2) is 87.0 Å². The number of amides is 2. The average molecular weight is 317 g/mol. The molecule has 1 aliphatic heterocycles. The van der Waals surface area contributed by atoms with Gasteiger partial charge in [-0.3, -0.25) is 0 Å². The van der Waals surface area contributed by atoms with E-state index in [1.165, 1.54) is 12.8 Å². The molecule has 122 valence electrons. The third-order valence-electron chi connectivity index (χ3n) is 4.41. The highest BCUT2D eigenvalue weighted by Crippen LogP contribution is 2.24.